The van der Waals surface area contributed by atoms with Crippen molar-refractivity contribution in [3.63, 3.8) is 0 Å². The summed E-state index contributed by atoms with van der Waals surface area (Å²) in [5.74, 6) is 0. The monoisotopic (exact) mass is 230 g/mol. The second-order valence-electron chi connectivity index (χ2n) is 5.17. The minimum absolute atomic E-state index is 0.0659. The normalized spacial score (nSPS) is 25.9. The van der Waals surface area contributed by atoms with Crippen LogP contribution >= 0.6 is 0 Å². The summed E-state index contributed by atoms with van der Waals surface area (Å²) in [5.41, 5.74) is 5.63. The maximum absolute atomic E-state index is 5.89. The quantitative estimate of drug-likeness (QED) is 0.687. The van der Waals surface area contributed by atoms with Crippen molar-refractivity contribution in [1.82, 2.24) is 4.90 Å². The summed E-state index contributed by atoms with van der Waals surface area (Å²) in [5, 5.41) is 0. The van der Waals surface area contributed by atoms with Crippen LogP contribution in [0.3, 0.4) is 0 Å². The van der Waals surface area contributed by atoms with Crippen molar-refractivity contribution in [3.8, 4) is 0 Å². The van der Waals surface area contributed by atoms with Crippen molar-refractivity contribution >= 4 is 0 Å². The van der Waals surface area contributed by atoms with Crippen LogP contribution in [0.15, 0.2) is 0 Å². The van der Waals surface area contributed by atoms with Crippen LogP contribution in [0.1, 0.15) is 26.7 Å². The van der Waals surface area contributed by atoms with E-state index in [0.717, 1.165) is 32.7 Å². The number of ether oxygens (including phenoxy) is 2. The van der Waals surface area contributed by atoms with Crippen molar-refractivity contribution in [2.45, 2.75) is 38.4 Å². The van der Waals surface area contributed by atoms with Crippen molar-refractivity contribution in [2.24, 2.45) is 5.73 Å². The van der Waals surface area contributed by atoms with Crippen LogP contribution in [0.2, 0.25) is 0 Å². The first kappa shape index (κ1) is 13.9. The van der Waals surface area contributed by atoms with Gasteiger partial charge in [0.15, 0.2) is 0 Å². The molecule has 96 valence electrons. The summed E-state index contributed by atoms with van der Waals surface area (Å²) in [7, 11) is 1.75. The highest BCUT2D eigenvalue weighted by atomic mass is 16.5. The highest BCUT2D eigenvalue weighted by Crippen LogP contribution is 2.20. The zero-order chi connectivity index (χ0) is 12.0. The Morgan fingerprint density at radius 2 is 2.19 bits per heavy atom. The van der Waals surface area contributed by atoms with Gasteiger partial charge in [0.05, 0.1) is 11.7 Å². The molecule has 0 radical (unpaired) electrons. The van der Waals surface area contributed by atoms with E-state index in [9.17, 15) is 0 Å². The van der Waals surface area contributed by atoms with E-state index in [1.165, 1.54) is 6.42 Å². The van der Waals surface area contributed by atoms with E-state index in [-0.39, 0.29) is 11.7 Å². The maximum Gasteiger partial charge on any atom is 0.0831 e. The molecule has 0 amide bonds. The first-order chi connectivity index (χ1) is 7.57. The molecule has 0 aromatic heterocycles. The van der Waals surface area contributed by atoms with Crippen LogP contribution in [-0.2, 0) is 9.47 Å². The molecule has 1 fully saturated rings. The van der Waals surface area contributed by atoms with Gasteiger partial charge >= 0.3 is 0 Å². The SMILES string of the molecule is COCCCCN1CC(CN)OC(C)(C)C1. The Kier molecular flexibility index (Phi) is 5.69. The summed E-state index contributed by atoms with van der Waals surface area (Å²) in [4.78, 5) is 2.46. The summed E-state index contributed by atoms with van der Waals surface area (Å²) >= 11 is 0. The van der Waals surface area contributed by atoms with Crippen molar-refractivity contribution in [1.29, 1.82) is 0 Å². The molecule has 0 saturated carbocycles. The standard InChI is InChI=1S/C12H26N2O2/c1-12(2)10-14(6-4-5-7-15-3)9-11(8-13)16-12/h11H,4-10,13H2,1-3H3. The Balaban J connectivity index is 2.29. The molecule has 0 spiro atoms. The van der Waals surface area contributed by atoms with Gasteiger partial charge in [-0.3, -0.25) is 4.90 Å². The fourth-order valence-electron chi connectivity index (χ4n) is 2.29. The summed E-state index contributed by atoms with van der Waals surface area (Å²) in [6.07, 6.45) is 2.49. The fourth-order valence-corrected chi connectivity index (χ4v) is 2.29. The van der Waals surface area contributed by atoms with E-state index in [1.54, 1.807) is 7.11 Å². The predicted octanol–water partition coefficient (Wildman–Crippen LogP) is 0.851. The number of hydrogen-bond donors (Lipinski definition) is 1. The lowest BCUT2D eigenvalue weighted by Crippen LogP contribution is -2.54. The van der Waals surface area contributed by atoms with Crippen LogP contribution in [-0.4, -0.2) is 56.5 Å². The molecule has 0 aliphatic carbocycles. The number of nitrogens with two attached hydrogens (primary N) is 1. The van der Waals surface area contributed by atoms with Gasteiger partial charge in [-0.2, -0.15) is 0 Å². The topological polar surface area (TPSA) is 47.7 Å². The molecule has 16 heavy (non-hydrogen) atoms. The van der Waals surface area contributed by atoms with E-state index in [4.69, 9.17) is 15.2 Å². The predicted molar refractivity (Wildman–Crippen MR) is 65.6 cm³/mol. The zero-order valence-corrected chi connectivity index (χ0v) is 10.9. The molecule has 2 N–H and O–H groups in total. The Morgan fingerprint density at radius 3 is 2.81 bits per heavy atom. The van der Waals surface area contributed by atoms with Gasteiger partial charge in [0.25, 0.3) is 0 Å². The number of hydrogen-bond acceptors (Lipinski definition) is 4. The van der Waals surface area contributed by atoms with Gasteiger partial charge in [0.2, 0.25) is 0 Å². The fraction of sp³-hybridized carbons (Fsp3) is 1.00. The largest absolute Gasteiger partial charge is 0.385 e. The lowest BCUT2D eigenvalue weighted by Gasteiger charge is -2.42. The smallest absolute Gasteiger partial charge is 0.0831 e. The third-order valence-electron chi connectivity index (χ3n) is 2.89. The van der Waals surface area contributed by atoms with E-state index >= 15 is 0 Å². The lowest BCUT2D eigenvalue weighted by molar-refractivity contribution is -0.132. The molecule has 4 nitrogen and oxygen atoms in total. The molecule has 1 saturated heterocycles. The number of nitrogens with zero attached hydrogens (tertiary/aromatic N) is 1. The molecule has 1 aliphatic rings. The molecule has 1 aliphatic heterocycles. The van der Waals surface area contributed by atoms with Crippen LogP contribution in [0, 0.1) is 0 Å². The highest BCUT2D eigenvalue weighted by molar-refractivity contribution is 4.84. The van der Waals surface area contributed by atoms with Crippen LogP contribution in [0.4, 0.5) is 0 Å². The van der Waals surface area contributed by atoms with Crippen molar-refractivity contribution < 1.29 is 9.47 Å². The van der Waals surface area contributed by atoms with Gasteiger partial charge in [-0.25, -0.2) is 0 Å². The van der Waals surface area contributed by atoms with Gasteiger partial charge < -0.3 is 15.2 Å². The lowest BCUT2D eigenvalue weighted by atomic mass is 10.0. The molecule has 1 atom stereocenters. The van der Waals surface area contributed by atoms with E-state index in [2.05, 4.69) is 18.7 Å². The first-order valence-electron chi connectivity index (χ1n) is 6.16. The van der Waals surface area contributed by atoms with Gasteiger partial charge in [0, 0.05) is 33.4 Å². The average Bonchev–Trinajstić information content (AvgIpc) is 2.22. The summed E-state index contributed by atoms with van der Waals surface area (Å²) in [6, 6.07) is 0. The minimum Gasteiger partial charge on any atom is -0.385 e. The van der Waals surface area contributed by atoms with E-state index in [0.29, 0.717) is 6.54 Å². The molecule has 0 aromatic rings. The molecular formula is C12H26N2O2. The van der Waals surface area contributed by atoms with Gasteiger partial charge in [-0.1, -0.05) is 0 Å². The van der Waals surface area contributed by atoms with Crippen LogP contribution in [0.25, 0.3) is 0 Å². The van der Waals surface area contributed by atoms with Gasteiger partial charge in [-0.15, -0.1) is 0 Å². The number of unbranched alkanes of at least 4 members (excludes halogenated alkanes) is 1. The third-order valence-corrected chi connectivity index (χ3v) is 2.89. The van der Waals surface area contributed by atoms with E-state index in [1.807, 2.05) is 0 Å². The summed E-state index contributed by atoms with van der Waals surface area (Å²) in [6.45, 7) is 8.82. The molecule has 1 unspecified atom stereocenters. The first-order valence-corrected chi connectivity index (χ1v) is 6.16. The van der Waals surface area contributed by atoms with Crippen LogP contribution < -0.4 is 5.73 Å². The van der Waals surface area contributed by atoms with Crippen molar-refractivity contribution in [3.05, 3.63) is 0 Å². The number of methoxy groups -OCH3 is 1. The molecule has 0 bridgehead atoms. The van der Waals surface area contributed by atoms with Crippen molar-refractivity contribution in [2.75, 3.05) is 39.9 Å². The maximum atomic E-state index is 5.89. The zero-order valence-electron chi connectivity index (χ0n) is 10.9. The minimum atomic E-state index is -0.0659. The molecule has 1 heterocycles. The number of rotatable bonds is 6. The molecular weight excluding hydrogens is 204 g/mol. The van der Waals surface area contributed by atoms with Gasteiger partial charge in [0.1, 0.15) is 0 Å². The number of morpholine rings is 1. The average molecular weight is 230 g/mol. The Hall–Kier alpha value is -0.160. The Bertz CT molecular complexity index is 197. The Labute approximate surface area is 99.1 Å². The second kappa shape index (κ2) is 6.55. The Morgan fingerprint density at radius 1 is 1.44 bits per heavy atom. The van der Waals surface area contributed by atoms with E-state index < -0.39 is 0 Å². The molecule has 4 heteroatoms. The molecule has 1 rings (SSSR count). The van der Waals surface area contributed by atoms with Crippen LogP contribution in [0.5, 0.6) is 0 Å². The third kappa shape index (κ3) is 4.78. The molecule has 0 aromatic carbocycles. The second-order valence-corrected chi connectivity index (χ2v) is 5.17. The van der Waals surface area contributed by atoms with Gasteiger partial charge in [-0.05, 0) is 33.2 Å². The highest BCUT2D eigenvalue weighted by Gasteiger charge is 2.32. The summed E-state index contributed by atoms with van der Waals surface area (Å²) < 4.78 is 10.9.